The number of ether oxygens (including phenoxy) is 2. The number of amides is 1. The molecule has 6 rings (SSSR count). The molecule has 1 amide bonds. The molecular weight excluding hydrogens is 576 g/mol. The van der Waals surface area contributed by atoms with Gasteiger partial charge < -0.3 is 14.8 Å². The molecule has 0 saturated heterocycles. The highest BCUT2D eigenvalue weighted by Gasteiger charge is 2.63. The summed E-state index contributed by atoms with van der Waals surface area (Å²) in [6, 6.07) is 15.3. The number of alkyl carbamates (subject to hydrolysis) is 1. The van der Waals surface area contributed by atoms with Crippen molar-refractivity contribution < 1.29 is 22.7 Å². The number of aryl methyl sites for hydroxylation is 2. The Labute approximate surface area is 260 Å². The Balaban J connectivity index is 1.43. The number of anilines is 1. The number of nitrogens with zero attached hydrogens (tertiary/aromatic N) is 2. The number of methoxy groups -OCH3 is 1. The van der Waals surface area contributed by atoms with E-state index in [0.29, 0.717) is 18.2 Å². The van der Waals surface area contributed by atoms with Crippen molar-refractivity contribution in [1.29, 1.82) is 0 Å². The zero-order chi connectivity index (χ0) is 31.5. The van der Waals surface area contributed by atoms with Gasteiger partial charge in [-0.1, -0.05) is 51.1 Å². The molecule has 234 valence electrons. The first-order valence-corrected chi connectivity index (χ1v) is 16.8. The van der Waals surface area contributed by atoms with E-state index in [1.165, 1.54) is 7.11 Å². The molecule has 2 aromatic carbocycles. The van der Waals surface area contributed by atoms with Gasteiger partial charge in [-0.25, -0.2) is 22.9 Å². The molecule has 1 aliphatic heterocycles. The maximum absolute atomic E-state index is 13.8. The van der Waals surface area contributed by atoms with Crippen molar-refractivity contribution in [3.8, 4) is 17.1 Å². The zero-order valence-corrected chi connectivity index (χ0v) is 27.2. The first-order valence-electron chi connectivity index (χ1n) is 15.3. The van der Waals surface area contributed by atoms with E-state index in [4.69, 9.17) is 9.47 Å². The SMILES string of the molecule is COC(=O)NC1CC2(C1)CC1(C2)c2cccc(c2)S(=O)(=O)Nc2nc(cc(-c3c(C)cccc3C)n2)OC[C@H]1CC(C)(C)C. The number of carbonyl (C=O) groups is 1. The maximum Gasteiger partial charge on any atom is 0.407 e. The van der Waals surface area contributed by atoms with Crippen LogP contribution in [0.25, 0.3) is 11.3 Å². The molecule has 2 fully saturated rings. The number of rotatable bonds is 3. The van der Waals surface area contributed by atoms with Gasteiger partial charge in [0.1, 0.15) is 0 Å². The predicted octanol–water partition coefficient (Wildman–Crippen LogP) is 6.54. The van der Waals surface area contributed by atoms with Crippen LogP contribution in [0.3, 0.4) is 0 Å². The van der Waals surface area contributed by atoms with Crippen LogP contribution in [0.5, 0.6) is 5.88 Å². The van der Waals surface area contributed by atoms with Crippen LogP contribution >= 0.6 is 0 Å². The molecule has 2 aliphatic carbocycles. The van der Waals surface area contributed by atoms with E-state index in [-0.39, 0.29) is 39.0 Å². The summed E-state index contributed by atoms with van der Waals surface area (Å²) in [4.78, 5) is 21.2. The third-order valence-electron chi connectivity index (χ3n) is 9.70. The predicted molar refractivity (Wildman–Crippen MR) is 169 cm³/mol. The molecule has 44 heavy (non-hydrogen) atoms. The second-order valence-corrected chi connectivity index (χ2v) is 16.0. The third kappa shape index (κ3) is 5.64. The Hall–Kier alpha value is -3.66. The quantitative estimate of drug-likeness (QED) is 0.342. The van der Waals surface area contributed by atoms with Gasteiger partial charge in [0.05, 0.1) is 24.3 Å². The Morgan fingerprint density at radius 2 is 1.75 bits per heavy atom. The van der Waals surface area contributed by atoms with E-state index < -0.39 is 16.1 Å². The average Bonchev–Trinajstić information content (AvgIpc) is 2.90. The molecule has 3 aliphatic rings. The Morgan fingerprint density at radius 1 is 1.07 bits per heavy atom. The molecule has 10 heteroatoms. The molecular formula is C34H42N4O5S. The molecule has 0 unspecified atom stereocenters. The van der Waals surface area contributed by atoms with Crippen molar-refractivity contribution >= 4 is 22.1 Å². The molecule has 4 bridgehead atoms. The third-order valence-corrected chi connectivity index (χ3v) is 11.0. The minimum atomic E-state index is -3.99. The minimum Gasteiger partial charge on any atom is -0.477 e. The van der Waals surface area contributed by atoms with Crippen molar-refractivity contribution in [3.63, 3.8) is 0 Å². The number of sulfonamides is 1. The van der Waals surface area contributed by atoms with Crippen LogP contribution in [0.15, 0.2) is 53.4 Å². The number of hydrogen-bond donors (Lipinski definition) is 2. The summed E-state index contributed by atoms with van der Waals surface area (Å²) in [6.45, 7) is 11.2. The van der Waals surface area contributed by atoms with Crippen molar-refractivity contribution in [1.82, 2.24) is 15.3 Å². The molecule has 2 saturated carbocycles. The summed E-state index contributed by atoms with van der Waals surface area (Å²) in [6.07, 6.45) is 4.01. The lowest BCUT2D eigenvalue weighted by Crippen LogP contribution is -2.64. The van der Waals surface area contributed by atoms with E-state index in [0.717, 1.165) is 54.4 Å². The van der Waals surface area contributed by atoms with Gasteiger partial charge in [0, 0.05) is 29.0 Å². The maximum atomic E-state index is 13.8. The monoisotopic (exact) mass is 618 g/mol. The van der Waals surface area contributed by atoms with E-state index in [2.05, 4.69) is 46.8 Å². The topological polar surface area (TPSA) is 120 Å². The molecule has 9 nitrogen and oxygen atoms in total. The van der Waals surface area contributed by atoms with Crippen LogP contribution < -0.4 is 14.8 Å². The molecule has 2 spiro atoms. The Morgan fingerprint density at radius 3 is 2.41 bits per heavy atom. The lowest BCUT2D eigenvalue weighted by Gasteiger charge is -2.66. The fourth-order valence-corrected chi connectivity index (χ4v) is 8.99. The van der Waals surface area contributed by atoms with Crippen molar-refractivity contribution in [2.75, 3.05) is 18.4 Å². The van der Waals surface area contributed by atoms with Gasteiger partial charge in [-0.05, 0) is 85.6 Å². The molecule has 1 atom stereocenters. The average molecular weight is 619 g/mol. The molecule has 3 aromatic rings. The van der Waals surface area contributed by atoms with Gasteiger partial charge in [0.25, 0.3) is 10.0 Å². The zero-order valence-electron chi connectivity index (χ0n) is 26.4. The van der Waals surface area contributed by atoms with Crippen molar-refractivity contribution in [2.45, 2.75) is 83.1 Å². The summed E-state index contributed by atoms with van der Waals surface area (Å²) in [5.74, 6) is 0.413. The summed E-state index contributed by atoms with van der Waals surface area (Å²) < 4.78 is 41.5. The van der Waals surface area contributed by atoms with Gasteiger partial charge in [-0.3, -0.25) is 0 Å². The van der Waals surface area contributed by atoms with Crippen LogP contribution in [0, 0.1) is 30.6 Å². The van der Waals surface area contributed by atoms with Crippen LogP contribution in [-0.4, -0.2) is 44.2 Å². The fraction of sp³-hybridized carbons (Fsp3) is 0.500. The summed E-state index contributed by atoms with van der Waals surface area (Å²) in [7, 11) is -2.61. The smallest absolute Gasteiger partial charge is 0.407 e. The first-order chi connectivity index (χ1) is 20.7. The summed E-state index contributed by atoms with van der Waals surface area (Å²) >= 11 is 0. The standard InChI is InChI=1S/C34H42N4O5S/c1-21-9-7-10-22(2)29(21)27-14-28-37-30(36-27)38-44(40,41)26-12-8-11-23(13-26)34(24(18-43-28)15-32(3,4)5)19-33(20-34)16-25(17-33)35-31(39)42-6/h7-14,24-25H,15-20H2,1-6H3,(H,35,39)(H,36,37,38)/t24-,25?,33?,34?/m1/s1. The van der Waals surface area contributed by atoms with E-state index in [1.54, 1.807) is 6.07 Å². The number of nitrogens with one attached hydrogen (secondary N) is 2. The second kappa shape index (κ2) is 10.8. The lowest BCUT2D eigenvalue weighted by atomic mass is 9.39. The van der Waals surface area contributed by atoms with Gasteiger partial charge in [0.15, 0.2) is 0 Å². The molecule has 0 radical (unpaired) electrons. The van der Waals surface area contributed by atoms with Crippen LogP contribution in [0.2, 0.25) is 0 Å². The molecule has 2 heterocycles. The first kappa shape index (κ1) is 30.4. The number of hydrogen-bond acceptors (Lipinski definition) is 7. The van der Waals surface area contributed by atoms with Gasteiger partial charge >= 0.3 is 6.09 Å². The highest BCUT2D eigenvalue weighted by atomic mass is 32.2. The lowest BCUT2D eigenvalue weighted by molar-refractivity contribution is -0.106. The van der Waals surface area contributed by atoms with E-state index in [1.807, 2.05) is 50.2 Å². The number of fused-ring (bicyclic) bond motifs is 5. The number of benzene rings is 2. The van der Waals surface area contributed by atoms with Gasteiger partial charge in [-0.2, -0.15) is 4.98 Å². The minimum absolute atomic E-state index is 0.000927. The largest absolute Gasteiger partial charge is 0.477 e. The van der Waals surface area contributed by atoms with Crippen LogP contribution in [0.1, 0.15) is 69.6 Å². The highest BCUT2D eigenvalue weighted by molar-refractivity contribution is 7.92. The van der Waals surface area contributed by atoms with E-state index in [9.17, 15) is 13.2 Å². The van der Waals surface area contributed by atoms with E-state index >= 15 is 0 Å². The fourth-order valence-electron chi connectivity index (χ4n) is 8.00. The number of aromatic nitrogens is 2. The Bertz CT molecular complexity index is 1680. The summed E-state index contributed by atoms with van der Waals surface area (Å²) in [5, 5.41) is 2.95. The normalized spacial score (nSPS) is 27.0. The second-order valence-electron chi connectivity index (χ2n) is 14.3. The van der Waals surface area contributed by atoms with Crippen molar-refractivity contribution in [2.24, 2.45) is 16.7 Å². The van der Waals surface area contributed by atoms with Gasteiger partial charge in [-0.15, -0.1) is 0 Å². The number of carbonyl (C=O) groups excluding carboxylic acids is 1. The van der Waals surface area contributed by atoms with Crippen LogP contribution in [-0.2, 0) is 20.2 Å². The molecule has 2 N–H and O–H groups in total. The van der Waals surface area contributed by atoms with Crippen molar-refractivity contribution in [3.05, 3.63) is 65.2 Å². The van der Waals surface area contributed by atoms with Gasteiger partial charge in [0.2, 0.25) is 11.8 Å². The molecule has 1 aromatic heterocycles. The highest BCUT2D eigenvalue weighted by Crippen LogP contribution is 2.68. The Kier molecular flexibility index (Phi) is 7.42. The summed E-state index contributed by atoms with van der Waals surface area (Å²) in [5.41, 5.74) is 4.40. The van der Waals surface area contributed by atoms with Crippen LogP contribution in [0.4, 0.5) is 10.7 Å².